The number of carbonyl (C=O) groups excluding carboxylic acids is 2. The van der Waals surface area contributed by atoms with Crippen LogP contribution in [0, 0.1) is 0 Å². The van der Waals surface area contributed by atoms with E-state index in [1.54, 1.807) is 0 Å². The molecule has 0 aromatic rings. The van der Waals surface area contributed by atoms with E-state index in [0.29, 0.717) is 4.67 Å². The molecule has 2 aliphatic heterocycles. The third kappa shape index (κ3) is 1.95. The summed E-state index contributed by atoms with van der Waals surface area (Å²) in [5, 5.41) is 0. The zero-order chi connectivity index (χ0) is 12.6. The average molecular weight is 305 g/mol. The Morgan fingerprint density at radius 1 is 1.35 bits per heavy atom. The minimum Gasteiger partial charge on any atom is -0.447 e. The van der Waals surface area contributed by atoms with E-state index in [-0.39, 0.29) is 19.8 Å². The molecule has 8 nitrogen and oxygen atoms in total. The second-order valence-electron chi connectivity index (χ2n) is 3.15. The van der Waals surface area contributed by atoms with Crippen LogP contribution in [0.4, 0.5) is 9.59 Å². The van der Waals surface area contributed by atoms with Crippen molar-refractivity contribution in [2.24, 2.45) is 0 Å². The Bertz CT molecular complexity index is 406. The maximum atomic E-state index is 12.4. The SMILES string of the molecule is O=C1OCCN1P(=O)(OCl)N1C(=O)OCC1Cl. The molecule has 2 fully saturated rings. The van der Waals surface area contributed by atoms with Gasteiger partial charge in [-0.05, 0) is 0 Å². The maximum Gasteiger partial charge on any atom is 0.424 e. The predicted octanol–water partition coefficient (Wildman–Crippen LogP) is 1.73. The van der Waals surface area contributed by atoms with Gasteiger partial charge in [0.05, 0.1) is 18.4 Å². The van der Waals surface area contributed by atoms with Gasteiger partial charge in [0.25, 0.3) is 0 Å². The quantitative estimate of drug-likeness (QED) is 0.448. The summed E-state index contributed by atoms with van der Waals surface area (Å²) in [5.41, 5.74) is -1.03. The van der Waals surface area contributed by atoms with Gasteiger partial charge in [-0.1, -0.05) is 11.6 Å². The van der Waals surface area contributed by atoms with Gasteiger partial charge in [-0.3, -0.25) is 0 Å². The summed E-state index contributed by atoms with van der Waals surface area (Å²) in [6.07, 6.45) is -1.86. The van der Waals surface area contributed by atoms with Crippen molar-refractivity contribution in [2.45, 2.75) is 5.50 Å². The van der Waals surface area contributed by atoms with Crippen LogP contribution in [0.3, 0.4) is 0 Å². The van der Waals surface area contributed by atoms with E-state index < -0.39 is 25.4 Å². The van der Waals surface area contributed by atoms with Crippen LogP contribution in [0.1, 0.15) is 0 Å². The maximum absolute atomic E-state index is 12.4. The zero-order valence-electron chi connectivity index (χ0n) is 8.25. The summed E-state index contributed by atoms with van der Waals surface area (Å²) in [6.45, 7) is -0.164. The summed E-state index contributed by atoms with van der Waals surface area (Å²) in [5.74, 6) is 0. The average Bonchev–Trinajstić information content (AvgIpc) is 2.85. The Hall–Kier alpha value is -0.690. The van der Waals surface area contributed by atoms with Gasteiger partial charge in [0.1, 0.15) is 13.2 Å². The first-order valence-corrected chi connectivity index (χ1v) is 6.74. The van der Waals surface area contributed by atoms with Gasteiger partial charge in [0, 0.05) is 0 Å². The third-order valence-corrected chi connectivity index (χ3v) is 5.34. The van der Waals surface area contributed by atoms with Crippen molar-refractivity contribution in [3.63, 3.8) is 0 Å². The Morgan fingerprint density at radius 2 is 2.06 bits per heavy atom. The lowest BCUT2D eigenvalue weighted by atomic mass is 10.7. The van der Waals surface area contributed by atoms with Crippen LogP contribution < -0.4 is 0 Å². The summed E-state index contributed by atoms with van der Waals surface area (Å²) < 4.78 is 27.3. The lowest BCUT2D eigenvalue weighted by Gasteiger charge is -2.29. The van der Waals surface area contributed by atoms with Crippen molar-refractivity contribution in [1.82, 2.24) is 9.34 Å². The molecule has 2 aliphatic rings. The fourth-order valence-electron chi connectivity index (χ4n) is 1.45. The number of halogens is 2. The molecule has 0 spiro atoms. The Labute approximate surface area is 106 Å². The van der Waals surface area contributed by atoms with Gasteiger partial charge in [-0.15, -0.1) is 0 Å². The number of amides is 2. The predicted molar refractivity (Wildman–Crippen MR) is 55.4 cm³/mol. The molecule has 2 rings (SSSR count). The van der Waals surface area contributed by atoms with Crippen molar-refractivity contribution in [3.8, 4) is 0 Å². The standard InChI is InChI=1S/C6H7Cl2N2O6P/c7-4-3-15-6(12)10(4)17(13,16-8)9-1-2-14-5(9)11/h4H,1-3H2. The Morgan fingerprint density at radius 3 is 2.47 bits per heavy atom. The monoisotopic (exact) mass is 304 g/mol. The van der Waals surface area contributed by atoms with Gasteiger partial charge >= 0.3 is 19.9 Å². The Balaban J connectivity index is 2.33. The van der Waals surface area contributed by atoms with Gasteiger partial charge in [-0.25, -0.2) is 18.8 Å². The van der Waals surface area contributed by atoms with E-state index in [9.17, 15) is 14.2 Å². The highest BCUT2D eigenvalue weighted by atomic mass is 35.5. The van der Waals surface area contributed by atoms with E-state index in [1.807, 2.05) is 0 Å². The molecule has 2 atom stereocenters. The van der Waals surface area contributed by atoms with Crippen molar-refractivity contribution >= 4 is 43.3 Å². The van der Waals surface area contributed by atoms with Crippen LogP contribution in [-0.2, 0) is 18.1 Å². The summed E-state index contributed by atoms with van der Waals surface area (Å²) in [4.78, 5) is 22.7. The molecule has 96 valence electrons. The van der Waals surface area contributed by atoms with E-state index in [1.165, 1.54) is 0 Å². The van der Waals surface area contributed by atoms with Crippen molar-refractivity contribution in [2.75, 3.05) is 19.8 Å². The van der Waals surface area contributed by atoms with Crippen LogP contribution in [-0.4, -0.2) is 46.8 Å². The number of carbonyl (C=O) groups is 2. The molecule has 0 aromatic carbocycles. The molecule has 2 heterocycles. The highest BCUT2D eigenvalue weighted by Crippen LogP contribution is 2.59. The minimum absolute atomic E-state index is 0.0176. The molecule has 0 aromatic heterocycles. The molecule has 2 unspecified atom stereocenters. The highest BCUT2D eigenvalue weighted by Gasteiger charge is 2.53. The van der Waals surface area contributed by atoms with Crippen molar-refractivity contribution in [1.29, 1.82) is 0 Å². The van der Waals surface area contributed by atoms with Gasteiger partial charge in [-0.2, -0.15) is 8.75 Å². The molecule has 2 saturated heterocycles. The molecule has 0 N–H and O–H groups in total. The lowest BCUT2D eigenvalue weighted by molar-refractivity contribution is 0.162. The normalized spacial score (nSPS) is 28.0. The molecule has 0 radical (unpaired) electrons. The molecule has 0 saturated carbocycles. The van der Waals surface area contributed by atoms with Gasteiger partial charge in [0.2, 0.25) is 0 Å². The molecule has 0 bridgehead atoms. The van der Waals surface area contributed by atoms with Gasteiger partial charge < -0.3 is 9.47 Å². The molecular formula is C6H7Cl2N2O6P. The number of hydrogen-bond acceptors (Lipinski definition) is 6. The van der Waals surface area contributed by atoms with Crippen molar-refractivity contribution in [3.05, 3.63) is 0 Å². The van der Waals surface area contributed by atoms with E-state index in [0.717, 1.165) is 4.67 Å². The topological polar surface area (TPSA) is 85.4 Å². The molecule has 2 amide bonds. The fourth-order valence-corrected chi connectivity index (χ4v) is 3.97. The minimum atomic E-state index is -4.11. The molecule has 0 aliphatic carbocycles. The number of ether oxygens (including phenoxy) is 2. The molecule has 11 heteroatoms. The first kappa shape index (κ1) is 12.8. The van der Waals surface area contributed by atoms with E-state index >= 15 is 0 Å². The number of hydrogen-bond donors (Lipinski definition) is 0. The number of rotatable bonds is 3. The zero-order valence-corrected chi connectivity index (χ0v) is 10.7. The summed E-state index contributed by atoms with van der Waals surface area (Å²) >= 11 is 10.9. The first-order chi connectivity index (χ1) is 8.00. The first-order valence-electron chi connectivity index (χ1n) is 4.46. The van der Waals surface area contributed by atoms with Crippen LogP contribution >= 0.6 is 31.1 Å². The van der Waals surface area contributed by atoms with Crippen LogP contribution in [0.5, 0.6) is 0 Å². The Kier molecular flexibility index (Phi) is 3.40. The van der Waals surface area contributed by atoms with Gasteiger partial charge in [0.15, 0.2) is 5.50 Å². The smallest absolute Gasteiger partial charge is 0.424 e. The molecule has 17 heavy (non-hydrogen) atoms. The summed E-state index contributed by atoms with van der Waals surface area (Å²) in [7, 11) is -4.11. The number of cyclic esters (lactones) is 2. The fraction of sp³-hybridized carbons (Fsp3) is 0.667. The lowest BCUT2D eigenvalue weighted by Crippen LogP contribution is -2.36. The van der Waals surface area contributed by atoms with Crippen LogP contribution in [0.15, 0.2) is 0 Å². The van der Waals surface area contributed by atoms with E-state index in [2.05, 4.69) is 13.5 Å². The highest BCUT2D eigenvalue weighted by molar-refractivity contribution is 7.56. The molecular weight excluding hydrogens is 298 g/mol. The summed E-state index contributed by atoms with van der Waals surface area (Å²) in [6, 6.07) is 0. The second kappa shape index (κ2) is 4.53. The number of alkyl halides is 1. The van der Waals surface area contributed by atoms with Crippen molar-refractivity contribution < 1.29 is 27.7 Å². The van der Waals surface area contributed by atoms with Crippen LogP contribution in [0.2, 0.25) is 0 Å². The van der Waals surface area contributed by atoms with Crippen LogP contribution in [0.25, 0.3) is 0 Å². The number of nitrogens with zero attached hydrogens (tertiary/aromatic N) is 2. The second-order valence-corrected chi connectivity index (χ2v) is 6.10. The largest absolute Gasteiger partial charge is 0.447 e. The third-order valence-electron chi connectivity index (χ3n) is 2.20. The van der Waals surface area contributed by atoms with E-state index in [4.69, 9.17) is 23.5 Å².